The van der Waals surface area contributed by atoms with E-state index in [1.807, 2.05) is 18.2 Å². The molecule has 2 fully saturated rings. The first-order valence-electron chi connectivity index (χ1n) is 7.25. The molecule has 1 aromatic carbocycles. The first kappa shape index (κ1) is 14.1. The lowest BCUT2D eigenvalue weighted by Crippen LogP contribution is -2.41. The maximum absolute atomic E-state index is 12.3. The second-order valence-corrected chi connectivity index (χ2v) is 8.03. The van der Waals surface area contributed by atoms with Crippen LogP contribution < -0.4 is 0 Å². The molecule has 2 nitrogen and oxygen atoms in total. The number of benzene rings is 1. The summed E-state index contributed by atoms with van der Waals surface area (Å²) in [6, 6.07) is 10.4. The molecule has 1 heterocycles. The summed E-state index contributed by atoms with van der Waals surface area (Å²) in [4.78, 5) is 12.5. The van der Waals surface area contributed by atoms with E-state index in [4.69, 9.17) is 4.74 Å². The molecule has 3 rings (SSSR count). The summed E-state index contributed by atoms with van der Waals surface area (Å²) in [5, 5.41) is 0. The highest BCUT2D eigenvalue weighted by Gasteiger charge is 2.72. The molecule has 1 saturated heterocycles. The summed E-state index contributed by atoms with van der Waals surface area (Å²) in [6.07, 6.45) is 2.75. The minimum atomic E-state index is -0.331. The van der Waals surface area contributed by atoms with Gasteiger partial charge in [0.25, 0.3) is 0 Å². The Hall–Kier alpha value is -0.830. The third-order valence-corrected chi connectivity index (χ3v) is 6.81. The quantitative estimate of drug-likeness (QED) is 0.594. The molecule has 20 heavy (non-hydrogen) atoms. The van der Waals surface area contributed by atoms with Crippen LogP contribution in [0, 0.1) is 10.8 Å². The van der Waals surface area contributed by atoms with Crippen molar-refractivity contribution < 1.29 is 9.53 Å². The van der Waals surface area contributed by atoms with Gasteiger partial charge in [0.2, 0.25) is 0 Å². The van der Waals surface area contributed by atoms with Crippen LogP contribution in [-0.2, 0) is 9.53 Å². The maximum Gasteiger partial charge on any atom is 0.313 e. The molecule has 0 aromatic heterocycles. The van der Waals surface area contributed by atoms with Gasteiger partial charge in [-0.25, -0.2) is 0 Å². The van der Waals surface area contributed by atoms with Crippen LogP contribution in [0.5, 0.6) is 0 Å². The molecule has 3 heteroatoms. The van der Waals surface area contributed by atoms with E-state index in [0.717, 1.165) is 19.3 Å². The first-order chi connectivity index (χ1) is 9.32. The summed E-state index contributed by atoms with van der Waals surface area (Å²) in [5.74, 6) is -0.0125. The number of alkyl halides is 1. The largest absolute Gasteiger partial charge is 0.458 e. The number of hydrogen-bond acceptors (Lipinski definition) is 2. The highest BCUT2D eigenvalue weighted by Crippen LogP contribution is 2.67. The van der Waals surface area contributed by atoms with Gasteiger partial charge in [0.15, 0.2) is 0 Å². The number of carbonyl (C=O) groups is 1. The number of halogens is 1. The third-order valence-electron chi connectivity index (χ3n) is 5.96. The van der Waals surface area contributed by atoms with Crippen LogP contribution in [0.15, 0.2) is 30.3 Å². The zero-order valence-electron chi connectivity index (χ0n) is 12.3. The molecule has 0 N–H and O–H groups in total. The summed E-state index contributed by atoms with van der Waals surface area (Å²) >= 11 is 3.79. The van der Waals surface area contributed by atoms with Crippen LogP contribution in [0.3, 0.4) is 0 Å². The minimum Gasteiger partial charge on any atom is -0.458 e. The molecule has 2 bridgehead atoms. The summed E-state index contributed by atoms with van der Waals surface area (Å²) in [5.41, 5.74) is 0.478. The number of esters is 1. The summed E-state index contributed by atoms with van der Waals surface area (Å²) < 4.78 is 5.89. The Kier molecular flexibility index (Phi) is 3.06. The lowest BCUT2D eigenvalue weighted by molar-refractivity contribution is -0.160. The molecule has 0 unspecified atom stereocenters. The molecule has 0 spiro atoms. The molecule has 1 aromatic rings. The monoisotopic (exact) mass is 336 g/mol. The van der Waals surface area contributed by atoms with Crippen molar-refractivity contribution in [2.45, 2.75) is 50.5 Å². The zero-order chi connectivity index (χ0) is 14.6. The smallest absolute Gasteiger partial charge is 0.313 e. The second kappa shape index (κ2) is 4.33. The van der Waals surface area contributed by atoms with Gasteiger partial charge in [-0.1, -0.05) is 60.1 Å². The van der Waals surface area contributed by atoms with Gasteiger partial charge in [0.05, 0.1) is 5.41 Å². The number of fused-ring (bicyclic) bond motifs is 2. The lowest BCUT2D eigenvalue weighted by Gasteiger charge is -2.38. The van der Waals surface area contributed by atoms with E-state index in [9.17, 15) is 4.79 Å². The maximum atomic E-state index is 12.3. The molecule has 1 aliphatic heterocycles. The normalized spacial score (nSPS) is 35.9. The molecule has 0 radical (unpaired) electrons. The Labute approximate surface area is 129 Å². The fraction of sp³-hybridized carbons (Fsp3) is 0.588. The van der Waals surface area contributed by atoms with Gasteiger partial charge >= 0.3 is 5.97 Å². The van der Waals surface area contributed by atoms with Gasteiger partial charge in [0, 0.05) is 16.7 Å². The summed E-state index contributed by atoms with van der Waals surface area (Å²) in [7, 11) is 0. The highest BCUT2D eigenvalue weighted by molar-refractivity contribution is 9.09. The van der Waals surface area contributed by atoms with Crippen molar-refractivity contribution in [1.29, 1.82) is 0 Å². The van der Waals surface area contributed by atoms with E-state index in [1.165, 1.54) is 5.56 Å². The minimum absolute atomic E-state index is 0.0125. The Morgan fingerprint density at radius 2 is 1.85 bits per heavy atom. The average molecular weight is 337 g/mol. The Balaban J connectivity index is 1.90. The molecule has 108 valence electrons. The predicted octanol–water partition coefficient (Wildman–Crippen LogP) is 4.63. The molecule has 2 aliphatic rings. The molecule has 1 aliphatic carbocycles. The van der Waals surface area contributed by atoms with Crippen molar-refractivity contribution in [3.63, 3.8) is 0 Å². The fourth-order valence-electron chi connectivity index (χ4n) is 3.87. The highest BCUT2D eigenvalue weighted by atomic mass is 79.9. The second-order valence-electron chi connectivity index (χ2n) is 6.92. The number of hydrogen-bond donors (Lipinski definition) is 0. The van der Waals surface area contributed by atoms with Gasteiger partial charge in [-0.3, -0.25) is 4.79 Å². The van der Waals surface area contributed by atoms with Gasteiger partial charge in [-0.2, -0.15) is 0 Å². The van der Waals surface area contributed by atoms with E-state index < -0.39 is 0 Å². The van der Waals surface area contributed by atoms with Crippen molar-refractivity contribution >= 4 is 21.9 Å². The number of ether oxygens (including phenoxy) is 1. The Bertz CT molecular complexity index is 539. The number of carbonyl (C=O) groups excluding carboxylic acids is 1. The molecular formula is C17H21BrO2. The van der Waals surface area contributed by atoms with Gasteiger partial charge in [0.1, 0.15) is 5.60 Å². The van der Waals surface area contributed by atoms with Crippen LogP contribution in [0.1, 0.15) is 50.4 Å². The van der Waals surface area contributed by atoms with Crippen LogP contribution in [-0.4, -0.2) is 11.6 Å². The predicted molar refractivity (Wildman–Crippen MR) is 82.7 cm³/mol. The van der Waals surface area contributed by atoms with Gasteiger partial charge < -0.3 is 4.74 Å². The van der Waals surface area contributed by atoms with Crippen LogP contribution in [0.2, 0.25) is 0 Å². The zero-order valence-corrected chi connectivity index (χ0v) is 13.9. The Morgan fingerprint density at radius 1 is 1.20 bits per heavy atom. The van der Waals surface area contributed by atoms with Crippen molar-refractivity contribution in [1.82, 2.24) is 0 Å². The summed E-state index contributed by atoms with van der Waals surface area (Å²) in [6.45, 7) is 6.45. The van der Waals surface area contributed by atoms with Crippen molar-refractivity contribution in [3.05, 3.63) is 35.9 Å². The van der Waals surface area contributed by atoms with Crippen molar-refractivity contribution in [2.75, 3.05) is 0 Å². The van der Waals surface area contributed by atoms with E-state index in [0.29, 0.717) is 0 Å². The van der Waals surface area contributed by atoms with E-state index in [2.05, 4.69) is 48.8 Å². The Morgan fingerprint density at radius 3 is 2.35 bits per heavy atom. The fourth-order valence-corrected chi connectivity index (χ4v) is 4.70. The number of rotatable bonds is 3. The molecule has 1 saturated carbocycles. The molecule has 3 atom stereocenters. The molecular weight excluding hydrogens is 316 g/mol. The van der Waals surface area contributed by atoms with Crippen LogP contribution >= 0.6 is 15.9 Å². The SMILES string of the molecule is CC1(C)[C@@]2(C[C@H](Br)c3ccccc3)CC[C@]1(C)C(=O)O2. The van der Waals surface area contributed by atoms with E-state index in [1.54, 1.807) is 0 Å². The van der Waals surface area contributed by atoms with Gasteiger partial charge in [-0.15, -0.1) is 0 Å². The van der Waals surface area contributed by atoms with Crippen LogP contribution in [0.25, 0.3) is 0 Å². The third kappa shape index (κ3) is 1.65. The molecule has 0 amide bonds. The van der Waals surface area contributed by atoms with E-state index >= 15 is 0 Å². The van der Waals surface area contributed by atoms with Crippen LogP contribution in [0.4, 0.5) is 0 Å². The van der Waals surface area contributed by atoms with Gasteiger partial charge in [-0.05, 0) is 25.3 Å². The first-order valence-corrected chi connectivity index (χ1v) is 8.16. The van der Waals surface area contributed by atoms with Crippen molar-refractivity contribution in [2.24, 2.45) is 10.8 Å². The lowest BCUT2D eigenvalue weighted by atomic mass is 9.65. The average Bonchev–Trinajstić information content (AvgIpc) is 2.69. The van der Waals surface area contributed by atoms with E-state index in [-0.39, 0.29) is 27.2 Å². The topological polar surface area (TPSA) is 26.3 Å². The van der Waals surface area contributed by atoms with Crippen molar-refractivity contribution in [3.8, 4) is 0 Å². The standard InChI is InChI=1S/C17H21BrO2/c1-15(2)16(3)9-10-17(15,20-14(16)19)11-13(18)12-7-5-4-6-8-12/h4-8,13H,9-11H2,1-3H3/t13-,16+,17-/m0/s1.